The van der Waals surface area contributed by atoms with E-state index >= 15 is 0 Å². The zero-order chi connectivity index (χ0) is 22.5. The molecule has 0 saturated heterocycles. The lowest BCUT2D eigenvalue weighted by Gasteiger charge is -2.12. The summed E-state index contributed by atoms with van der Waals surface area (Å²) in [7, 11) is 1.60. The Bertz CT molecular complexity index is 1280. The minimum atomic E-state index is -0.337. The summed E-state index contributed by atoms with van der Waals surface area (Å²) in [4.78, 5) is 30.0. The predicted molar refractivity (Wildman–Crippen MR) is 125 cm³/mol. The highest BCUT2D eigenvalue weighted by Crippen LogP contribution is 2.22. The lowest BCUT2D eigenvalue weighted by atomic mass is 10.2. The van der Waals surface area contributed by atoms with E-state index in [0.717, 1.165) is 16.9 Å². The molecule has 32 heavy (non-hydrogen) atoms. The standard InChI is InChI=1S/C23H20FN3O3S2/c1-30-18-8-4-15(5-9-18)12-25-20(28)14-32-23-26-19-10-11-31-21(19)22(29)27(23)13-16-2-6-17(24)7-3-16/h2-11H,12-14H2,1H3,(H,25,28). The molecule has 0 aliphatic rings. The van der Waals surface area contributed by atoms with Crippen LogP contribution in [0.15, 0.2) is 69.9 Å². The Morgan fingerprint density at radius 1 is 1.12 bits per heavy atom. The van der Waals surface area contributed by atoms with E-state index in [0.29, 0.717) is 21.9 Å². The summed E-state index contributed by atoms with van der Waals surface area (Å²) in [5.41, 5.74) is 2.17. The molecule has 0 aliphatic carbocycles. The van der Waals surface area contributed by atoms with Gasteiger partial charge in [-0.25, -0.2) is 9.37 Å². The molecule has 2 heterocycles. The van der Waals surface area contributed by atoms with Crippen molar-refractivity contribution in [3.05, 3.63) is 87.3 Å². The molecule has 4 aromatic rings. The number of aromatic nitrogens is 2. The van der Waals surface area contributed by atoms with Gasteiger partial charge in [-0.2, -0.15) is 0 Å². The van der Waals surface area contributed by atoms with Gasteiger partial charge in [-0.3, -0.25) is 14.2 Å². The van der Waals surface area contributed by atoms with Crippen LogP contribution >= 0.6 is 23.1 Å². The zero-order valence-corrected chi connectivity index (χ0v) is 18.8. The van der Waals surface area contributed by atoms with E-state index in [1.807, 2.05) is 29.6 Å². The van der Waals surface area contributed by atoms with Crippen LogP contribution < -0.4 is 15.6 Å². The van der Waals surface area contributed by atoms with Gasteiger partial charge in [0.05, 0.1) is 24.9 Å². The second kappa shape index (κ2) is 9.97. The fourth-order valence-corrected chi connectivity index (χ4v) is 4.68. The first kappa shape index (κ1) is 22.0. The maximum Gasteiger partial charge on any atom is 0.272 e. The summed E-state index contributed by atoms with van der Waals surface area (Å²) in [5.74, 6) is 0.362. The summed E-state index contributed by atoms with van der Waals surface area (Å²) >= 11 is 2.53. The SMILES string of the molecule is COc1ccc(CNC(=O)CSc2nc3ccsc3c(=O)n2Cc2ccc(F)cc2)cc1. The number of hydrogen-bond acceptors (Lipinski definition) is 6. The lowest BCUT2D eigenvalue weighted by Crippen LogP contribution is -2.26. The highest BCUT2D eigenvalue weighted by molar-refractivity contribution is 7.99. The van der Waals surface area contributed by atoms with Crippen molar-refractivity contribution in [1.29, 1.82) is 0 Å². The summed E-state index contributed by atoms with van der Waals surface area (Å²) in [6.07, 6.45) is 0. The number of thiophene rings is 1. The van der Waals surface area contributed by atoms with Crippen molar-refractivity contribution in [2.24, 2.45) is 0 Å². The third-order valence-electron chi connectivity index (χ3n) is 4.77. The molecule has 6 nitrogen and oxygen atoms in total. The van der Waals surface area contributed by atoms with Crippen LogP contribution in [0.25, 0.3) is 10.2 Å². The fraction of sp³-hybridized carbons (Fsp3) is 0.174. The summed E-state index contributed by atoms with van der Waals surface area (Å²) < 4.78 is 20.5. The molecule has 0 fully saturated rings. The van der Waals surface area contributed by atoms with E-state index in [4.69, 9.17) is 4.74 Å². The molecule has 0 saturated carbocycles. The maximum absolute atomic E-state index is 13.3. The van der Waals surface area contributed by atoms with E-state index in [1.165, 1.54) is 39.8 Å². The van der Waals surface area contributed by atoms with Crippen LogP contribution in [-0.4, -0.2) is 28.3 Å². The number of halogens is 1. The van der Waals surface area contributed by atoms with Crippen molar-refractivity contribution >= 4 is 39.2 Å². The first-order valence-corrected chi connectivity index (χ1v) is 11.6. The molecular weight excluding hydrogens is 449 g/mol. The average Bonchev–Trinajstić information content (AvgIpc) is 3.29. The number of carbonyl (C=O) groups excluding carboxylic acids is 1. The lowest BCUT2D eigenvalue weighted by molar-refractivity contribution is -0.118. The molecule has 0 atom stereocenters. The number of carbonyl (C=O) groups is 1. The Labute approximate surface area is 192 Å². The Hall–Kier alpha value is -3.17. The normalized spacial score (nSPS) is 10.9. The molecule has 2 aromatic carbocycles. The molecule has 9 heteroatoms. The first-order chi connectivity index (χ1) is 15.5. The Morgan fingerprint density at radius 2 is 1.84 bits per heavy atom. The number of ether oxygens (including phenoxy) is 1. The number of nitrogens with zero attached hydrogens (tertiary/aromatic N) is 2. The summed E-state index contributed by atoms with van der Waals surface area (Å²) in [6, 6.07) is 15.2. The highest BCUT2D eigenvalue weighted by Gasteiger charge is 2.15. The van der Waals surface area contributed by atoms with E-state index in [9.17, 15) is 14.0 Å². The number of benzene rings is 2. The van der Waals surface area contributed by atoms with Crippen LogP contribution in [0.2, 0.25) is 0 Å². The average molecular weight is 470 g/mol. The third-order valence-corrected chi connectivity index (χ3v) is 6.63. The van der Waals surface area contributed by atoms with Crippen molar-refractivity contribution in [2.45, 2.75) is 18.2 Å². The number of thioether (sulfide) groups is 1. The van der Waals surface area contributed by atoms with Crippen LogP contribution in [0.1, 0.15) is 11.1 Å². The number of amides is 1. The zero-order valence-electron chi connectivity index (χ0n) is 17.2. The predicted octanol–water partition coefficient (Wildman–Crippen LogP) is 4.06. The van der Waals surface area contributed by atoms with Crippen LogP contribution in [0.3, 0.4) is 0 Å². The highest BCUT2D eigenvalue weighted by atomic mass is 32.2. The Kier molecular flexibility index (Phi) is 6.87. The van der Waals surface area contributed by atoms with Gasteiger partial charge in [0.25, 0.3) is 5.56 Å². The van der Waals surface area contributed by atoms with Gasteiger partial charge in [0.2, 0.25) is 5.91 Å². The van der Waals surface area contributed by atoms with Crippen molar-refractivity contribution < 1.29 is 13.9 Å². The number of fused-ring (bicyclic) bond motifs is 1. The summed E-state index contributed by atoms with van der Waals surface area (Å²) in [5, 5.41) is 5.14. The topological polar surface area (TPSA) is 73.2 Å². The number of nitrogens with one attached hydrogen (secondary N) is 1. The molecule has 1 N–H and O–H groups in total. The molecule has 2 aromatic heterocycles. The van der Waals surface area contributed by atoms with Gasteiger partial charge in [0.1, 0.15) is 16.3 Å². The van der Waals surface area contributed by atoms with E-state index in [-0.39, 0.29) is 29.6 Å². The van der Waals surface area contributed by atoms with Gasteiger partial charge in [0.15, 0.2) is 5.16 Å². The third kappa shape index (κ3) is 5.17. The van der Waals surface area contributed by atoms with Crippen LogP contribution in [0.5, 0.6) is 5.75 Å². The number of rotatable bonds is 8. The van der Waals surface area contributed by atoms with Gasteiger partial charge < -0.3 is 10.1 Å². The fourth-order valence-electron chi connectivity index (χ4n) is 3.07. The smallest absolute Gasteiger partial charge is 0.272 e. The maximum atomic E-state index is 13.3. The second-order valence-electron chi connectivity index (χ2n) is 6.96. The van der Waals surface area contributed by atoms with Crippen molar-refractivity contribution in [3.8, 4) is 5.75 Å². The van der Waals surface area contributed by atoms with Gasteiger partial charge >= 0.3 is 0 Å². The van der Waals surface area contributed by atoms with E-state index in [2.05, 4.69) is 10.3 Å². The molecule has 0 unspecified atom stereocenters. The van der Waals surface area contributed by atoms with Crippen molar-refractivity contribution in [2.75, 3.05) is 12.9 Å². The molecular formula is C23H20FN3O3S2. The quantitative estimate of drug-likeness (QED) is 0.311. The molecule has 164 valence electrons. The Morgan fingerprint density at radius 3 is 2.56 bits per heavy atom. The minimum absolute atomic E-state index is 0.113. The molecule has 0 radical (unpaired) electrons. The van der Waals surface area contributed by atoms with Gasteiger partial charge in [-0.05, 0) is 46.8 Å². The first-order valence-electron chi connectivity index (χ1n) is 9.78. The Balaban J connectivity index is 1.48. The van der Waals surface area contributed by atoms with Gasteiger partial charge in [-0.15, -0.1) is 11.3 Å². The van der Waals surface area contributed by atoms with Crippen molar-refractivity contribution in [1.82, 2.24) is 14.9 Å². The minimum Gasteiger partial charge on any atom is -0.497 e. The molecule has 0 bridgehead atoms. The van der Waals surface area contributed by atoms with Crippen LogP contribution in [-0.2, 0) is 17.9 Å². The molecule has 1 amide bonds. The number of hydrogen-bond donors (Lipinski definition) is 1. The largest absolute Gasteiger partial charge is 0.497 e. The monoisotopic (exact) mass is 469 g/mol. The van der Waals surface area contributed by atoms with Gasteiger partial charge in [0, 0.05) is 6.54 Å². The second-order valence-corrected chi connectivity index (χ2v) is 8.82. The molecule has 4 rings (SSSR count). The van der Waals surface area contributed by atoms with Crippen LogP contribution in [0, 0.1) is 5.82 Å². The van der Waals surface area contributed by atoms with E-state index < -0.39 is 0 Å². The van der Waals surface area contributed by atoms with E-state index in [1.54, 1.807) is 25.3 Å². The summed E-state index contributed by atoms with van der Waals surface area (Å²) in [6.45, 7) is 0.637. The van der Waals surface area contributed by atoms with Crippen LogP contribution in [0.4, 0.5) is 4.39 Å². The van der Waals surface area contributed by atoms with Gasteiger partial charge in [-0.1, -0.05) is 36.0 Å². The molecule has 0 spiro atoms. The number of methoxy groups -OCH3 is 1. The molecule has 0 aliphatic heterocycles. The van der Waals surface area contributed by atoms with Crippen molar-refractivity contribution in [3.63, 3.8) is 0 Å².